The highest BCUT2D eigenvalue weighted by atomic mass is 19.1. The number of allylic oxidation sites excluding steroid dienone is 2. The minimum absolute atomic E-state index is 0.00455. The average Bonchev–Trinajstić information content (AvgIpc) is 3.64. The predicted octanol–water partition coefficient (Wildman–Crippen LogP) is 5.72. The normalized spacial score (nSPS) is 24.1. The van der Waals surface area contributed by atoms with E-state index >= 15 is 0 Å². The third-order valence-corrected chi connectivity index (χ3v) is 8.79. The molecule has 6 heteroatoms. The van der Waals surface area contributed by atoms with Gasteiger partial charge in [-0.1, -0.05) is 48.4 Å². The topological polar surface area (TPSA) is 50.2 Å². The maximum Gasteiger partial charge on any atom is 0.237 e. The molecular formula is C31H35FN4O. The van der Waals surface area contributed by atoms with Crippen molar-refractivity contribution < 1.29 is 9.18 Å². The summed E-state index contributed by atoms with van der Waals surface area (Å²) in [5, 5.41) is 8.15. The number of fused-ring (bicyclic) bond motifs is 1. The number of benzene rings is 2. The lowest BCUT2D eigenvalue weighted by Crippen LogP contribution is -2.43. The van der Waals surface area contributed by atoms with E-state index in [-0.39, 0.29) is 29.7 Å². The van der Waals surface area contributed by atoms with Crippen LogP contribution < -0.4 is 5.32 Å². The number of carbonyl (C=O) groups excluding carboxylic acids is 1. The van der Waals surface area contributed by atoms with Crippen molar-refractivity contribution in [2.75, 3.05) is 13.6 Å². The fraction of sp³-hybridized carbons (Fsp3) is 0.419. The summed E-state index contributed by atoms with van der Waals surface area (Å²) in [6.45, 7) is 3.28. The number of aromatic nitrogens is 2. The maximum absolute atomic E-state index is 13.5. The zero-order chi connectivity index (χ0) is 25.5. The van der Waals surface area contributed by atoms with Crippen molar-refractivity contribution in [1.82, 2.24) is 20.0 Å². The molecule has 1 aliphatic heterocycles. The summed E-state index contributed by atoms with van der Waals surface area (Å²) in [5.74, 6) is 0.634. The number of likely N-dealkylation sites (tertiary alicyclic amines) is 1. The van der Waals surface area contributed by atoms with E-state index in [0.717, 1.165) is 50.8 Å². The molecule has 192 valence electrons. The van der Waals surface area contributed by atoms with E-state index < -0.39 is 0 Å². The molecule has 3 aromatic rings. The highest BCUT2D eigenvalue weighted by Crippen LogP contribution is 2.49. The fourth-order valence-corrected chi connectivity index (χ4v) is 6.89. The Morgan fingerprint density at radius 2 is 1.92 bits per heavy atom. The Bertz CT molecular complexity index is 1310. The SMILES string of the molecule is C[C@@H]1C2=C(CC[C@@H]2CC(NC(=O)[C@@H]2CCCN2C)c2ccccc2)Cc2c1cnn2-c1ccc(F)cc1. The monoisotopic (exact) mass is 498 g/mol. The molecule has 4 atom stereocenters. The van der Waals surface area contributed by atoms with E-state index in [9.17, 15) is 9.18 Å². The number of carbonyl (C=O) groups is 1. The molecule has 0 saturated carbocycles. The van der Waals surface area contributed by atoms with Crippen molar-refractivity contribution in [3.8, 4) is 5.69 Å². The Morgan fingerprint density at radius 3 is 2.65 bits per heavy atom. The van der Waals surface area contributed by atoms with Gasteiger partial charge in [0.2, 0.25) is 5.91 Å². The van der Waals surface area contributed by atoms with Gasteiger partial charge in [0.25, 0.3) is 0 Å². The summed E-state index contributed by atoms with van der Waals surface area (Å²) in [7, 11) is 2.05. The van der Waals surface area contributed by atoms with Crippen molar-refractivity contribution >= 4 is 5.91 Å². The predicted molar refractivity (Wildman–Crippen MR) is 143 cm³/mol. The van der Waals surface area contributed by atoms with Gasteiger partial charge in [-0.05, 0) is 81.4 Å². The van der Waals surface area contributed by atoms with E-state index in [1.807, 2.05) is 16.9 Å². The lowest BCUT2D eigenvalue weighted by atomic mass is 9.77. The zero-order valence-electron chi connectivity index (χ0n) is 21.7. The van der Waals surface area contributed by atoms with E-state index in [4.69, 9.17) is 5.10 Å². The Balaban J connectivity index is 1.25. The molecule has 1 amide bonds. The Morgan fingerprint density at radius 1 is 1.14 bits per heavy atom. The van der Waals surface area contributed by atoms with Crippen LogP contribution in [0.3, 0.4) is 0 Å². The minimum atomic E-state index is -0.235. The molecule has 2 aliphatic carbocycles. The second-order valence-electron chi connectivity index (χ2n) is 11.0. The molecule has 5 nitrogen and oxygen atoms in total. The molecule has 3 aliphatic rings. The molecule has 1 N–H and O–H groups in total. The first-order valence-corrected chi connectivity index (χ1v) is 13.6. The van der Waals surface area contributed by atoms with Crippen molar-refractivity contribution in [1.29, 1.82) is 0 Å². The summed E-state index contributed by atoms with van der Waals surface area (Å²) in [5.41, 5.74) is 7.62. The van der Waals surface area contributed by atoms with Crippen molar-refractivity contribution in [2.24, 2.45) is 5.92 Å². The lowest BCUT2D eigenvalue weighted by Gasteiger charge is -2.30. The number of rotatable bonds is 6. The van der Waals surface area contributed by atoms with Gasteiger partial charge < -0.3 is 5.32 Å². The van der Waals surface area contributed by atoms with Gasteiger partial charge in [-0.2, -0.15) is 5.10 Å². The molecule has 37 heavy (non-hydrogen) atoms. The number of hydrogen-bond donors (Lipinski definition) is 1. The second-order valence-corrected chi connectivity index (χ2v) is 11.0. The Kier molecular flexibility index (Phi) is 6.45. The van der Waals surface area contributed by atoms with Gasteiger partial charge in [0.15, 0.2) is 0 Å². The summed E-state index contributed by atoms with van der Waals surface area (Å²) in [6.07, 6.45) is 8.00. The summed E-state index contributed by atoms with van der Waals surface area (Å²) >= 11 is 0. The molecular weight excluding hydrogens is 463 g/mol. The van der Waals surface area contributed by atoms with Crippen molar-refractivity contribution in [3.63, 3.8) is 0 Å². The van der Waals surface area contributed by atoms with Crippen LogP contribution in [0, 0.1) is 11.7 Å². The first kappa shape index (κ1) is 24.1. The minimum Gasteiger partial charge on any atom is -0.348 e. The van der Waals surface area contributed by atoms with Crippen LogP contribution in [-0.2, 0) is 11.2 Å². The number of amides is 1. The van der Waals surface area contributed by atoms with E-state index in [0.29, 0.717) is 5.92 Å². The van der Waals surface area contributed by atoms with Crippen molar-refractivity contribution in [3.05, 3.63) is 94.6 Å². The molecule has 2 heterocycles. The van der Waals surface area contributed by atoms with Crippen LogP contribution in [0.25, 0.3) is 5.69 Å². The summed E-state index contributed by atoms with van der Waals surface area (Å²) < 4.78 is 15.5. The number of nitrogens with one attached hydrogen (secondary N) is 1. The van der Waals surface area contributed by atoms with E-state index in [1.54, 1.807) is 17.7 Å². The molecule has 2 aromatic carbocycles. The Labute approximate surface area is 218 Å². The third kappa shape index (κ3) is 4.52. The van der Waals surface area contributed by atoms with Crippen LogP contribution in [0.4, 0.5) is 4.39 Å². The fourth-order valence-electron chi connectivity index (χ4n) is 6.89. The second kappa shape index (κ2) is 9.90. The van der Waals surface area contributed by atoms with Gasteiger partial charge in [-0.25, -0.2) is 9.07 Å². The van der Waals surface area contributed by atoms with Crippen molar-refractivity contribution in [2.45, 2.75) is 63.5 Å². The molecule has 1 saturated heterocycles. The average molecular weight is 499 g/mol. The summed E-state index contributed by atoms with van der Waals surface area (Å²) in [6, 6.07) is 17.0. The van der Waals surface area contributed by atoms with Crippen LogP contribution in [0.15, 0.2) is 71.9 Å². The maximum atomic E-state index is 13.5. The van der Waals surface area contributed by atoms with Crippen LogP contribution >= 0.6 is 0 Å². The summed E-state index contributed by atoms with van der Waals surface area (Å²) in [4.78, 5) is 15.5. The number of likely N-dealkylation sites (N-methyl/N-ethyl adjacent to an activating group) is 1. The molecule has 0 radical (unpaired) electrons. The number of nitrogens with zero attached hydrogens (tertiary/aromatic N) is 3. The van der Waals surface area contributed by atoms with Gasteiger partial charge in [0.1, 0.15) is 5.82 Å². The largest absolute Gasteiger partial charge is 0.348 e. The quantitative estimate of drug-likeness (QED) is 0.442. The third-order valence-electron chi connectivity index (χ3n) is 8.79. The van der Waals surface area contributed by atoms with Crippen LogP contribution in [-0.4, -0.2) is 40.2 Å². The number of hydrogen-bond acceptors (Lipinski definition) is 3. The highest BCUT2D eigenvalue weighted by molar-refractivity contribution is 5.82. The van der Waals surface area contributed by atoms with E-state index in [2.05, 4.69) is 48.5 Å². The lowest BCUT2D eigenvalue weighted by molar-refractivity contribution is -0.125. The highest BCUT2D eigenvalue weighted by Gasteiger charge is 2.38. The molecule has 1 unspecified atom stereocenters. The number of halogens is 1. The smallest absolute Gasteiger partial charge is 0.237 e. The van der Waals surface area contributed by atoms with Crippen LogP contribution in [0.2, 0.25) is 0 Å². The van der Waals surface area contributed by atoms with Crippen LogP contribution in [0.1, 0.15) is 67.8 Å². The first-order chi connectivity index (χ1) is 18.0. The van der Waals surface area contributed by atoms with Gasteiger partial charge >= 0.3 is 0 Å². The first-order valence-electron chi connectivity index (χ1n) is 13.6. The standard InChI is InChI=1S/C31H35FN4O/c1-20-26-19-33-36(25-14-12-24(32)13-15-25)29(26)18-23-11-10-22(30(20)23)17-27(21-7-4-3-5-8-21)34-31(37)28-9-6-16-35(28)2/h3-5,7-8,12-15,19-20,22,27-28H,6,9-11,16-18H2,1-2H3,(H,34,37)/t20-,22+,27?,28-/m0/s1. The molecule has 6 rings (SSSR count). The van der Waals surface area contributed by atoms with Crippen LogP contribution in [0.5, 0.6) is 0 Å². The zero-order valence-corrected chi connectivity index (χ0v) is 21.7. The Hall–Kier alpha value is -3.25. The van der Waals surface area contributed by atoms with Gasteiger partial charge in [-0.15, -0.1) is 0 Å². The molecule has 0 bridgehead atoms. The molecule has 0 spiro atoms. The van der Waals surface area contributed by atoms with E-state index in [1.165, 1.54) is 34.5 Å². The van der Waals surface area contributed by atoms with Gasteiger partial charge in [-0.3, -0.25) is 9.69 Å². The molecule has 1 fully saturated rings. The van der Waals surface area contributed by atoms with Gasteiger partial charge in [0, 0.05) is 17.9 Å². The van der Waals surface area contributed by atoms with Gasteiger partial charge in [0.05, 0.1) is 29.7 Å². The molecule has 1 aromatic heterocycles.